The standard InChI is InChI=1S/C25H20N2O4/c1-15(28)17-9-6-10-18(13-17)26-24-20-14-19(31-2)11-12-21(20)27-23(22(24)25(29)30)16-7-4-3-5-8-16/h3-14H,1-2H3,(H,26,27)(H,29,30). The van der Waals surface area contributed by atoms with Gasteiger partial charge in [0, 0.05) is 22.2 Å². The summed E-state index contributed by atoms with van der Waals surface area (Å²) < 4.78 is 5.35. The van der Waals surface area contributed by atoms with Crippen molar-refractivity contribution < 1.29 is 19.4 Å². The van der Waals surface area contributed by atoms with Gasteiger partial charge in [0.15, 0.2) is 5.78 Å². The number of benzene rings is 3. The van der Waals surface area contributed by atoms with Gasteiger partial charge in [-0.1, -0.05) is 42.5 Å². The summed E-state index contributed by atoms with van der Waals surface area (Å²) in [6.07, 6.45) is 0. The molecule has 154 valence electrons. The van der Waals surface area contributed by atoms with Crippen LogP contribution >= 0.6 is 0 Å². The van der Waals surface area contributed by atoms with Gasteiger partial charge in [-0.25, -0.2) is 9.78 Å². The second-order valence-electron chi connectivity index (χ2n) is 7.03. The molecule has 6 heteroatoms. The number of aromatic carboxylic acids is 1. The van der Waals surface area contributed by atoms with Crippen LogP contribution in [0.1, 0.15) is 27.6 Å². The number of rotatable bonds is 6. The lowest BCUT2D eigenvalue weighted by molar-refractivity contribution is 0.0698. The van der Waals surface area contributed by atoms with Crippen LogP contribution in [0.3, 0.4) is 0 Å². The number of methoxy groups -OCH3 is 1. The van der Waals surface area contributed by atoms with E-state index in [1.165, 1.54) is 6.92 Å². The van der Waals surface area contributed by atoms with E-state index in [4.69, 9.17) is 4.74 Å². The molecule has 6 nitrogen and oxygen atoms in total. The maximum atomic E-state index is 12.4. The van der Waals surface area contributed by atoms with E-state index >= 15 is 0 Å². The van der Waals surface area contributed by atoms with E-state index in [1.807, 2.05) is 30.3 Å². The quantitative estimate of drug-likeness (QED) is 0.403. The van der Waals surface area contributed by atoms with E-state index in [-0.39, 0.29) is 11.3 Å². The lowest BCUT2D eigenvalue weighted by Gasteiger charge is -2.17. The number of hydrogen-bond donors (Lipinski definition) is 2. The number of pyridine rings is 1. The van der Waals surface area contributed by atoms with Gasteiger partial charge in [-0.3, -0.25) is 4.79 Å². The fourth-order valence-corrected chi connectivity index (χ4v) is 3.47. The summed E-state index contributed by atoms with van der Waals surface area (Å²) in [5.74, 6) is -0.603. The highest BCUT2D eigenvalue weighted by Crippen LogP contribution is 2.37. The van der Waals surface area contributed by atoms with E-state index in [9.17, 15) is 14.7 Å². The fourth-order valence-electron chi connectivity index (χ4n) is 3.47. The molecule has 0 aliphatic heterocycles. The smallest absolute Gasteiger partial charge is 0.340 e. The van der Waals surface area contributed by atoms with E-state index in [1.54, 1.807) is 49.6 Å². The molecule has 3 aromatic carbocycles. The Morgan fingerprint density at radius 3 is 2.42 bits per heavy atom. The highest BCUT2D eigenvalue weighted by Gasteiger charge is 2.22. The molecule has 0 aliphatic carbocycles. The number of ether oxygens (including phenoxy) is 1. The fraction of sp³-hybridized carbons (Fsp3) is 0.0800. The molecular formula is C25H20N2O4. The van der Waals surface area contributed by atoms with Gasteiger partial charge < -0.3 is 15.2 Å². The number of hydrogen-bond acceptors (Lipinski definition) is 5. The Morgan fingerprint density at radius 1 is 0.968 bits per heavy atom. The van der Waals surface area contributed by atoms with Crippen LogP contribution in [0, 0.1) is 0 Å². The molecule has 2 N–H and O–H groups in total. The van der Waals surface area contributed by atoms with Crippen molar-refractivity contribution in [2.24, 2.45) is 0 Å². The largest absolute Gasteiger partial charge is 0.497 e. The molecule has 0 aliphatic rings. The molecule has 0 radical (unpaired) electrons. The molecule has 0 amide bonds. The maximum absolute atomic E-state index is 12.4. The Bertz CT molecular complexity index is 1300. The molecule has 0 bridgehead atoms. The van der Waals surface area contributed by atoms with Crippen molar-refractivity contribution in [3.8, 4) is 17.0 Å². The summed E-state index contributed by atoms with van der Waals surface area (Å²) in [5, 5.41) is 14.0. The average molecular weight is 412 g/mol. The molecule has 0 atom stereocenters. The van der Waals surface area contributed by atoms with Gasteiger partial charge in [0.05, 0.1) is 24.0 Å². The predicted octanol–water partition coefficient (Wildman–Crippen LogP) is 5.55. The summed E-state index contributed by atoms with van der Waals surface area (Å²) in [6.45, 7) is 1.49. The molecule has 1 heterocycles. The molecule has 4 rings (SSSR count). The minimum absolute atomic E-state index is 0.0418. The Morgan fingerprint density at radius 2 is 1.74 bits per heavy atom. The Labute approximate surface area is 179 Å². The maximum Gasteiger partial charge on any atom is 0.340 e. The van der Waals surface area contributed by atoms with E-state index in [0.717, 1.165) is 0 Å². The Kier molecular flexibility index (Phi) is 5.37. The number of carbonyl (C=O) groups is 2. The highest BCUT2D eigenvalue weighted by atomic mass is 16.5. The van der Waals surface area contributed by atoms with Gasteiger partial charge in [-0.05, 0) is 37.3 Å². The molecule has 0 saturated heterocycles. The summed E-state index contributed by atoms with van der Waals surface area (Å²) >= 11 is 0. The van der Waals surface area contributed by atoms with Gasteiger partial charge in [0.2, 0.25) is 0 Å². The van der Waals surface area contributed by atoms with Crippen LogP contribution < -0.4 is 10.1 Å². The summed E-state index contributed by atoms with van der Waals surface area (Å²) in [4.78, 5) is 28.9. The third-order valence-electron chi connectivity index (χ3n) is 4.99. The second kappa shape index (κ2) is 8.28. The van der Waals surface area contributed by atoms with Crippen LogP contribution in [-0.4, -0.2) is 29.0 Å². The van der Waals surface area contributed by atoms with Crippen molar-refractivity contribution in [1.29, 1.82) is 0 Å². The van der Waals surface area contributed by atoms with Crippen molar-refractivity contribution in [2.75, 3.05) is 12.4 Å². The molecule has 4 aromatic rings. The first-order chi connectivity index (χ1) is 15.0. The number of ketones is 1. The molecule has 0 fully saturated rings. The predicted molar refractivity (Wildman–Crippen MR) is 120 cm³/mol. The number of nitrogens with one attached hydrogen (secondary N) is 1. The molecule has 0 saturated carbocycles. The summed E-state index contributed by atoms with van der Waals surface area (Å²) in [7, 11) is 1.55. The van der Waals surface area contributed by atoms with Crippen molar-refractivity contribution >= 4 is 34.0 Å². The molecule has 0 unspecified atom stereocenters. The van der Waals surface area contributed by atoms with Gasteiger partial charge in [0.1, 0.15) is 11.3 Å². The lowest BCUT2D eigenvalue weighted by Crippen LogP contribution is -2.08. The Balaban J connectivity index is 2.02. The monoisotopic (exact) mass is 412 g/mol. The van der Waals surface area contributed by atoms with Crippen molar-refractivity contribution in [1.82, 2.24) is 4.98 Å². The van der Waals surface area contributed by atoms with Crippen LogP contribution in [0.4, 0.5) is 11.4 Å². The van der Waals surface area contributed by atoms with E-state index < -0.39 is 5.97 Å². The molecule has 31 heavy (non-hydrogen) atoms. The zero-order valence-electron chi connectivity index (χ0n) is 17.0. The SMILES string of the molecule is COc1ccc2nc(-c3ccccc3)c(C(=O)O)c(Nc3cccc(C(C)=O)c3)c2c1. The summed E-state index contributed by atoms with van der Waals surface area (Å²) in [6, 6.07) is 21.5. The first kappa shape index (κ1) is 20.1. The van der Waals surface area contributed by atoms with Crippen molar-refractivity contribution in [2.45, 2.75) is 6.92 Å². The number of carboxylic acid groups (broad SMARTS) is 1. The van der Waals surface area contributed by atoms with Crippen LogP contribution in [0.25, 0.3) is 22.2 Å². The zero-order valence-corrected chi connectivity index (χ0v) is 17.0. The topological polar surface area (TPSA) is 88.5 Å². The van der Waals surface area contributed by atoms with Gasteiger partial charge >= 0.3 is 5.97 Å². The molecular weight excluding hydrogens is 392 g/mol. The van der Waals surface area contributed by atoms with Crippen molar-refractivity contribution in [3.63, 3.8) is 0 Å². The number of carboxylic acids is 1. The van der Waals surface area contributed by atoms with Crippen LogP contribution in [0.2, 0.25) is 0 Å². The number of Topliss-reactive ketones (excluding diaryl/α,β-unsaturated/α-hetero) is 1. The number of fused-ring (bicyclic) bond motifs is 1. The normalized spacial score (nSPS) is 10.6. The molecule has 0 spiro atoms. The average Bonchev–Trinajstić information content (AvgIpc) is 2.79. The zero-order chi connectivity index (χ0) is 22.0. The Hall–Kier alpha value is -4.19. The van der Waals surface area contributed by atoms with Crippen molar-refractivity contribution in [3.05, 3.63) is 83.9 Å². The number of aromatic nitrogens is 1. The van der Waals surface area contributed by atoms with Crippen LogP contribution in [-0.2, 0) is 0 Å². The lowest BCUT2D eigenvalue weighted by atomic mass is 10.00. The summed E-state index contributed by atoms with van der Waals surface area (Å²) in [5.41, 5.74) is 3.23. The second-order valence-corrected chi connectivity index (χ2v) is 7.03. The third-order valence-corrected chi connectivity index (χ3v) is 4.99. The van der Waals surface area contributed by atoms with Crippen LogP contribution in [0.15, 0.2) is 72.8 Å². The van der Waals surface area contributed by atoms with E-state index in [2.05, 4.69) is 10.3 Å². The number of nitrogens with zero attached hydrogens (tertiary/aromatic N) is 1. The van der Waals surface area contributed by atoms with Gasteiger partial charge in [-0.15, -0.1) is 0 Å². The number of carbonyl (C=O) groups excluding carboxylic acids is 1. The first-order valence-electron chi connectivity index (χ1n) is 9.66. The third kappa shape index (κ3) is 3.96. The minimum Gasteiger partial charge on any atom is -0.497 e. The molecule has 1 aromatic heterocycles. The van der Waals surface area contributed by atoms with Crippen LogP contribution in [0.5, 0.6) is 5.75 Å². The van der Waals surface area contributed by atoms with Gasteiger partial charge in [-0.2, -0.15) is 0 Å². The first-order valence-corrected chi connectivity index (χ1v) is 9.66. The van der Waals surface area contributed by atoms with E-state index in [0.29, 0.717) is 44.8 Å². The minimum atomic E-state index is -1.11. The highest BCUT2D eigenvalue weighted by molar-refractivity contribution is 6.10. The van der Waals surface area contributed by atoms with Gasteiger partial charge in [0.25, 0.3) is 0 Å². The number of anilines is 2.